The maximum Gasteiger partial charge on any atom is 0.335 e. The summed E-state index contributed by atoms with van der Waals surface area (Å²) in [5, 5.41) is 10.8. The summed E-state index contributed by atoms with van der Waals surface area (Å²) < 4.78 is 0. The first kappa shape index (κ1) is 22.1. The predicted octanol–water partition coefficient (Wildman–Crippen LogP) is 7.67. The highest BCUT2D eigenvalue weighted by atomic mass is 35.5. The van der Waals surface area contributed by atoms with Crippen LogP contribution in [0, 0.1) is 0 Å². The number of fused-ring (bicyclic) bond motifs is 1. The summed E-state index contributed by atoms with van der Waals surface area (Å²) in [5.41, 5.74) is 4.85. The largest absolute Gasteiger partial charge is 0.478 e. The number of benzene rings is 3. The van der Waals surface area contributed by atoms with Crippen molar-refractivity contribution in [1.29, 1.82) is 0 Å². The van der Waals surface area contributed by atoms with Crippen LogP contribution in [-0.2, 0) is 6.42 Å². The number of nitrogens with zero attached hydrogens (tertiary/aromatic N) is 1. The van der Waals surface area contributed by atoms with Gasteiger partial charge in [0.05, 0.1) is 22.2 Å². The molecule has 1 aromatic heterocycles. The number of halogens is 2. The molecule has 160 valence electrons. The van der Waals surface area contributed by atoms with Crippen molar-refractivity contribution in [2.24, 2.45) is 0 Å². The number of hydrogen-bond donors (Lipinski definition) is 1. The van der Waals surface area contributed by atoms with E-state index < -0.39 is 5.97 Å². The maximum atomic E-state index is 11.4. The van der Waals surface area contributed by atoms with Gasteiger partial charge in [-0.05, 0) is 59.9 Å². The molecule has 5 heteroatoms. The highest BCUT2D eigenvalue weighted by molar-refractivity contribution is 6.31. The average Bonchev–Trinajstić information content (AvgIpc) is 2.81. The fourth-order valence-electron chi connectivity index (χ4n) is 3.63. The quantitative estimate of drug-likeness (QED) is 0.287. The first-order chi connectivity index (χ1) is 15.5. The van der Waals surface area contributed by atoms with Crippen LogP contribution in [0.3, 0.4) is 0 Å². The zero-order valence-corrected chi connectivity index (χ0v) is 18.7. The Morgan fingerprint density at radius 3 is 2.62 bits per heavy atom. The summed E-state index contributed by atoms with van der Waals surface area (Å²) in [6.07, 6.45) is 5.21. The van der Waals surface area contributed by atoms with Crippen molar-refractivity contribution in [3.63, 3.8) is 0 Å². The van der Waals surface area contributed by atoms with Crippen molar-refractivity contribution in [3.8, 4) is 0 Å². The van der Waals surface area contributed by atoms with E-state index in [-0.39, 0.29) is 5.38 Å². The second-order valence-corrected chi connectivity index (χ2v) is 8.51. The van der Waals surface area contributed by atoms with E-state index in [1.807, 2.05) is 72.8 Å². The molecule has 0 aliphatic rings. The molecule has 0 bridgehead atoms. The zero-order valence-electron chi connectivity index (χ0n) is 17.2. The molecule has 3 nitrogen and oxygen atoms in total. The maximum absolute atomic E-state index is 11.4. The van der Waals surface area contributed by atoms with Gasteiger partial charge in [0.1, 0.15) is 0 Å². The fraction of sp³-hybridized carbons (Fsp3) is 0.111. The number of carboxylic acids is 1. The number of aromatic carboxylic acids is 1. The van der Waals surface area contributed by atoms with Crippen LogP contribution < -0.4 is 0 Å². The summed E-state index contributed by atoms with van der Waals surface area (Å²) in [5.74, 6) is -0.913. The van der Waals surface area contributed by atoms with Gasteiger partial charge in [-0.15, -0.1) is 11.6 Å². The van der Waals surface area contributed by atoms with Gasteiger partial charge in [0, 0.05) is 10.4 Å². The summed E-state index contributed by atoms with van der Waals surface area (Å²) in [6, 6.07) is 24.8. The number of pyridine rings is 1. The van der Waals surface area contributed by atoms with Crippen molar-refractivity contribution in [3.05, 3.63) is 112 Å². The van der Waals surface area contributed by atoms with E-state index in [1.54, 1.807) is 12.1 Å². The number of carboxylic acid groups (broad SMARTS) is 1. The minimum Gasteiger partial charge on any atom is -0.478 e. The minimum absolute atomic E-state index is 0.217. The number of aromatic nitrogens is 1. The van der Waals surface area contributed by atoms with Crippen molar-refractivity contribution in [2.45, 2.75) is 18.2 Å². The van der Waals surface area contributed by atoms with Gasteiger partial charge in [-0.3, -0.25) is 0 Å². The molecule has 0 saturated heterocycles. The van der Waals surface area contributed by atoms with Crippen LogP contribution in [0.5, 0.6) is 0 Å². The lowest BCUT2D eigenvalue weighted by Gasteiger charge is -2.12. The molecule has 0 radical (unpaired) electrons. The third-order valence-corrected chi connectivity index (χ3v) is 6.01. The molecule has 0 unspecified atom stereocenters. The Morgan fingerprint density at radius 1 is 0.969 bits per heavy atom. The molecular weight excluding hydrogens is 441 g/mol. The van der Waals surface area contributed by atoms with Crippen LogP contribution in [0.2, 0.25) is 5.02 Å². The Morgan fingerprint density at radius 2 is 1.78 bits per heavy atom. The second-order valence-electron chi connectivity index (χ2n) is 7.55. The van der Waals surface area contributed by atoms with E-state index in [9.17, 15) is 9.90 Å². The highest BCUT2D eigenvalue weighted by Gasteiger charge is 2.13. The van der Waals surface area contributed by atoms with Crippen molar-refractivity contribution in [2.75, 3.05) is 0 Å². The molecule has 0 spiro atoms. The van der Waals surface area contributed by atoms with E-state index >= 15 is 0 Å². The molecule has 4 aromatic rings. The zero-order chi connectivity index (χ0) is 22.5. The molecule has 3 aromatic carbocycles. The molecule has 0 saturated carbocycles. The van der Waals surface area contributed by atoms with Crippen LogP contribution in [0.1, 0.15) is 44.5 Å². The van der Waals surface area contributed by atoms with Crippen LogP contribution in [0.25, 0.3) is 23.1 Å². The molecule has 4 rings (SSSR count). The molecule has 0 amide bonds. The van der Waals surface area contributed by atoms with Gasteiger partial charge in [0.15, 0.2) is 0 Å². The SMILES string of the molecule is O=C(O)c1ccccc1CC[C@H](Cl)c1cccc(C=Cc2ccc3ccc(Cl)cc3n2)c1. The number of alkyl halides is 1. The lowest BCUT2D eigenvalue weighted by Crippen LogP contribution is -2.03. The van der Waals surface area contributed by atoms with Gasteiger partial charge in [-0.2, -0.15) is 0 Å². The summed E-state index contributed by atoms with van der Waals surface area (Å²) >= 11 is 12.7. The first-order valence-corrected chi connectivity index (χ1v) is 11.1. The van der Waals surface area contributed by atoms with Crippen LogP contribution in [0.4, 0.5) is 0 Å². The molecule has 32 heavy (non-hydrogen) atoms. The first-order valence-electron chi connectivity index (χ1n) is 10.3. The third-order valence-electron chi connectivity index (χ3n) is 5.31. The van der Waals surface area contributed by atoms with E-state index in [1.165, 1.54) is 0 Å². The normalized spacial score (nSPS) is 12.3. The minimum atomic E-state index is -0.913. The number of aryl methyl sites for hydroxylation is 1. The summed E-state index contributed by atoms with van der Waals surface area (Å²) in [6.45, 7) is 0. The summed E-state index contributed by atoms with van der Waals surface area (Å²) in [7, 11) is 0. The number of rotatable bonds is 7. The van der Waals surface area contributed by atoms with Gasteiger partial charge in [0.2, 0.25) is 0 Å². The van der Waals surface area contributed by atoms with Crippen molar-refractivity contribution in [1.82, 2.24) is 4.98 Å². The van der Waals surface area contributed by atoms with Gasteiger partial charge in [-0.25, -0.2) is 9.78 Å². The summed E-state index contributed by atoms with van der Waals surface area (Å²) in [4.78, 5) is 16.1. The predicted molar refractivity (Wildman–Crippen MR) is 132 cm³/mol. The van der Waals surface area contributed by atoms with Gasteiger partial charge >= 0.3 is 5.97 Å². The van der Waals surface area contributed by atoms with E-state index in [0.717, 1.165) is 33.3 Å². The second kappa shape index (κ2) is 9.99. The molecule has 0 aliphatic carbocycles. The molecule has 0 fully saturated rings. The van der Waals surface area contributed by atoms with Gasteiger partial charge in [-0.1, -0.05) is 72.3 Å². The molecule has 1 heterocycles. The number of carbonyl (C=O) groups is 1. The van der Waals surface area contributed by atoms with Crippen molar-refractivity contribution < 1.29 is 9.90 Å². The Labute approximate surface area is 197 Å². The van der Waals surface area contributed by atoms with Crippen LogP contribution >= 0.6 is 23.2 Å². The smallest absolute Gasteiger partial charge is 0.335 e. The standard InChI is InChI=1S/C27H21Cl2NO2/c28-22-12-9-20-10-14-23(30-26(20)17-22)13-8-18-4-3-6-21(16-18)25(29)15-11-19-5-1-2-7-24(19)27(31)32/h1-10,12-14,16-17,25H,11,15H2,(H,31,32)/t25-/m0/s1. The molecule has 1 N–H and O–H groups in total. The Kier molecular flexibility index (Phi) is 6.89. The Hall–Kier alpha value is -3.14. The lowest BCUT2D eigenvalue weighted by molar-refractivity contribution is 0.0695. The third kappa shape index (κ3) is 5.37. The van der Waals surface area contributed by atoms with Gasteiger partial charge < -0.3 is 5.11 Å². The van der Waals surface area contributed by atoms with Crippen molar-refractivity contribution >= 4 is 52.2 Å². The van der Waals surface area contributed by atoms with Crippen LogP contribution in [-0.4, -0.2) is 16.1 Å². The Balaban J connectivity index is 1.47. The number of hydrogen-bond acceptors (Lipinski definition) is 2. The van der Waals surface area contributed by atoms with E-state index in [2.05, 4.69) is 11.1 Å². The van der Waals surface area contributed by atoms with E-state index in [4.69, 9.17) is 23.2 Å². The Bertz CT molecular complexity index is 1300. The fourth-order valence-corrected chi connectivity index (χ4v) is 4.05. The topological polar surface area (TPSA) is 50.2 Å². The average molecular weight is 462 g/mol. The molecule has 1 atom stereocenters. The van der Waals surface area contributed by atoms with E-state index in [0.29, 0.717) is 23.4 Å². The molecule has 0 aliphatic heterocycles. The van der Waals surface area contributed by atoms with Gasteiger partial charge in [0.25, 0.3) is 0 Å². The molecular formula is C27H21Cl2NO2. The lowest BCUT2D eigenvalue weighted by atomic mass is 9.98. The monoisotopic (exact) mass is 461 g/mol. The highest BCUT2D eigenvalue weighted by Crippen LogP contribution is 2.28. The van der Waals surface area contributed by atoms with Crippen LogP contribution in [0.15, 0.2) is 78.9 Å².